The van der Waals surface area contributed by atoms with E-state index in [-0.39, 0.29) is 26.4 Å². The van der Waals surface area contributed by atoms with Crippen LogP contribution in [0.4, 0.5) is 0 Å². The van der Waals surface area contributed by atoms with E-state index in [1.54, 1.807) is 0 Å². The topological polar surface area (TPSA) is 181 Å². The van der Waals surface area contributed by atoms with Gasteiger partial charge in [0.15, 0.2) is 30.9 Å². The first-order chi connectivity index (χ1) is 27.0. The summed E-state index contributed by atoms with van der Waals surface area (Å²) in [6.45, 7) is 4.35. The molecule has 302 valence electrons. The Morgan fingerprint density at radius 3 is 1.50 bits per heavy atom. The summed E-state index contributed by atoms with van der Waals surface area (Å²) in [6.07, 6.45) is -13.5. The third-order valence-corrected chi connectivity index (χ3v) is 8.81. The molecule has 15 heteroatoms. The fourth-order valence-corrected chi connectivity index (χ4v) is 6.42. The van der Waals surface area contributed by atoms with Crippen LogP contribution in [0, 0.1) is 0 Å². The van der Waals surface area contributed by atoms with E-state index in [1.165, 1.54) is 6.92 Å². The molecule has 0 aromatic heterocycles. The van der Waals surface area contributed by atoms with Gasteiger partial charge in [0.05, 0.1) is 26.4 Å². The molecule has 0 spiro atoms. The maximum Gasteiger partial charge on any atom is 0.303 e. The number of carbonyl (C=O) groups is 4. The quantitative estimate of drug-likeness (QED) is 0.155. The minimum absolute atomic E-state index is 0.0188. The molecular formula is C41H48O15. The van der Waals surface area contributed by atoms with Gasteiger partial charge in [-0.05, 0) is 16.7 Å². The van der Waals surface area contributed by atoms with Crippen LogP contribution in [0.5, 0.6) is 0 Å². The van der Waals surface area contributed by atoms with Gasteiger partial charge in [-0.3, -0.25) is 19.2 Å². The average Bonchev–Trinajstić information content (AvgIpc) is 3.16. The minimum Gasteiger partial charge on any atom is -0.463 e. The van der Waals surface area contributed by atoms with E-state index in [1.807, 2.05) is 91.0 Å². The van der Waals surface area contributed by atoms with E-state index >= 15 is 0 Å². The van der Waals surface area contributed by atoms with E-state index < -0.39 is 91.9 Å². The second-order valence-electron chi connectivity index (χ2n) is 13.3. The highest BCUT2D eigenvalue weighted by Crippen LogP contribution is 2.35. The van der Waals surface area contributed by atoms with Gasteiger partial charge in [0.25, 0.3) is 0 Å². The number of aliphatic hydroxyl groups excluding tert-OH is 1. The normalized spacial score (nSPS) is 27.4. The van der Waals surface area contributed by atoms with Crippen LogP contribution in [0.1, 0.15) is 44.4 Å². The van der Waals surface area contributed by atoms with Crippen molar-refractivity contribution in [2.75, 3.05) is 13.2 Å². The molecule has 2 heterocycles. The van der Waals surface area contributed by atoms with E-state index in [0.717, 1.165) is 37.5 Å². The summed E-state index contributed by atoms with van der Waals surface area (Å²) < 4.78 is 60.2. The molecule has 0 saturated carbocycles. The van der Waals surface area contributed by atoms with Gasteiger partial charge in [-0.2, -0.15) is 0 Å². The third kappa shape index (κ3) is 12.4. The number of esters is 4. The maximum atomic E-state index is 12.6. The Kier molecular flexibility index (Phi) is 15.9. The summed E-state index contributed by atoms with van der Waals surface area (Å²) in [5, 5.41) is 11.6. The van der Waals surface area contributed by atoms with Gasteiger partial charge in [-0.15, -0.1) is 0 Å². The zero-order valence-electron chi connectivity index (χ0n) is 31.6. The van der Waals surface area contributed by atoms with Crippen LogP contribution >= 0.6 is 0 Å². The predicted molar refractivity (Wildman–Crippen MR) is 194 cm³/mol. The standard InChI is InChI=1S/C41H48O15/c1-25(42)48-24-33-35(51-26(2)43)37(52-27(3)44)39(53-28(4)45)41(55-33)56-36-34(49-21-30-16-10-6-11-17-30)32(23-47-20-29-14-8-5-9-15-29)54-40(46)38(36)50-22-31-18-12-7-13-19-31/h5-19,32-41,46H,20-24H2,1-4H3/t32-,33-,34-,35+,36+,37+,38-,39-,40+,41+/m1/s1. The van der Waals surface area contributed by atoms with Crippen LogP contribution in [0.2, 0.25) is 0 Å². The molecule has 2 fully saturated rings. The highest BCUT2D eigenvalue weighted by atomic mass is 16.8. The number of hydrogen-bond acceptors (Lipinski definition) is 15. The van der Waals surface area contributed by atoms with Crippen molar-refractivity contribution in [3.8, 4) is 0 Å². The van der Waals surface area contributed by atoms with Crippen molar-refractivity contribution in [1.29, 1.82) is 0 Å². The highest BCUT2D eigenvalue weighted by Gasteiger charge is 2.56. The van der Waals surface area contributed by atoms with E-state index in [9.17, 15) is 24.3 Å². The van der Waals surface area contributed by atoms with Crippen molar-refractivity contribution in [2.24, 2.45) is 0 Å². The van der Waals surface area contributed by atoms with Crippen molar-refractivity contribution in [2.45, 2.75) is 109 Å². The highest BCUT2D eigenvalue weighted by molar-refractivity contribution is 5.68. The fraction of sp³-hybridized carbons (Fsp3) is 0.463. The van der Waals surface area contributed by atoms with E-state index in [0.29, 0.717) is 0 Å². The molecule has 56 heavy (non-hydrogen) atoms. The van der Waals surface area contributed by atoms with Crippen LogP contribution < -0.4 is 0 Å². The molecule has 0 aliphatic carbocycles. The van der Waals surface area contributed by atoms with Crippen LogP contribution in [0.3, 0.4) is 0 Å². The Balaban J connectivity index is 1.54. The van der Waals surface area contributed by atoms with Crippen LogP contribution in [-0.4, -0.2) is 104 Å². The number of ether oxygens (including phenoxy) is 10. The maximum absolute atomic E-state index is 12.6. The summed E-state index contributed by atoms with van der Waals surface area (Å²) in [6, 6.07) is 28.0. The first-order valence-corrected chi connectivity index (χ1v) is 18.2. The zero-order valence-corrected chi connectivity index (χ0v) is 31.6. The Bertz CT molecular complexity index is 1690. The molecule has 2 aliphatic rings. The summed E-state index contributed by atoms with van der Waals surface area (Å²) in [5.74, 6) is -3.06. The van der Waals surface area contributed by atoms with Crippen molar-refractivity contribution < 1.29 is 71.7 Å². The molecule has 2 aliphatic heterocycles. The van der Waals surface area contributed by atoms with Gasteiger partial charge >= 0.3 is 23.9 Å². The van der Waals surface area contributed by atoms with Crippen molar-refractivity contribution in [3.63, 3.8) is 0 Å². The molecule has 3 aromatic rings. The van der Waals surface area contributed by atoms with E-state index in [2.05, 4.69) is 0 Å². The Morgan fingerprint density at radius 2 is 0.982 bits per heavy atom. The predicted octanol–water partition coefficient (Wildman–Crippen LogP) is 3.56. The van der Waals surface area contributed by atoms with Gasteiger partial charge in [-0.1, -0.05) is 91.0 Å². The largest absolute Gasteiger partial charge is 0.463 e. The lowest BCUT2D eigenvalue weighted by Gasteiger charge is -2.48. The second kappa shape index (κ2) is 21.0. The average molecular weight is 781 g/mol. The monoisotopic (exact) mass is 780 g/mol. The third-order valence-electron chi connectivity index (χ3n) is 8.81. The summed E-state index contributed by atoms with van der Waals surface area (Å²) in [4.78, 5) is 49.4. The molecule has 3 aromatic carbocycles. The number of benzene rings is 3. The molecule has 0 bridgehead atoms. The molecule has 2 saturated heterocycles. The molecule has 0 amide bonds. The fourth-order valence-electron chi connectivity index (χ4n) is 6.42. The molecule has 5 rings (SSSR count). The van der Waals surface area contributed by atoms with Crippen molar-refractivity contribution >= 4 is 23.9 Å². The van der Waals surface area contributed by atoms with Gasteiger partial charge in [0, 0.05) is 27.7 Å². The Labute approximate surface area is 325 Å². The zero-order chi connectivity index (χ0) is 40.0. The molecule has 15 nitrogen and oxygen atoms in total. The lowest BCUT2D eigenvalue weighted by Crippen LogP contribution is -2.67. The molecule has 1 N–H and O–H groups in total. The van der Waals surface area contributed by atoms with Gasteiger partial charge in [0.2, 0.25) is 0 Å². The SMILES string of the molecule is CC(=O)OC[C@H]1O[C@@H](O[C@@H]2[C@@H](OCc3ccccc3)[C@@H](O)O[C@H](COCc3ccccc3)[C@H]2OCc2ccccc2)[C@H](OC(C)=O)[C@@H](OC(C)=O)[C@H]1OC(C)=O. The van der Waals surface area contributed by atoms with Crippen molar-refractivity contribution in [1.82, 2.24) is 0 Å². The van der Waals surface area contributed by atoms with Gasteiger partial charge in [0.1, 0.15) is 37.1 Å². The molecule has 0 radical (unpaired) electrons. The second-order valence-corrected chi connectivity index (χ2v) is 13.3. The smallest absolute Gasteiger partial charge is 0.303 e. The summed E-state index contributed by atoms with van der Waals surface area (Å²) in [7, 11) is 0. The number of carbonyl (C=O) groups excluding carboxylic acids is 4. The molecular weight excluding hydrogens is 732 g/mol. The van der Waals surface area contributed by atoms with Crippen LogP contribution in [0.25, 0.3) is 0 Å². The van der Waals surface area contributed by atoms with Crippen LogP contribution in [0.15, 0.2) is 91.0 Å². The first-order valence-electron chi connectivity index (χ1n) is 18.2. The summed E-state index contributed by atoms with van der Waals surface area (Å²) >= 11 is 0. The number of hydrogen-bond donors (Lipinski definition) is 1. The first kappa shape index (κ1) is 42.4. The van der Waals surface area contributed by atoms with Crippen molar-refractivity contribution in [3.05, 3.63) is 108 Å². The Hall–Kier alpha value is -4.74. The molecule has 0 unspecified atom stereocenters. The Morgan fingerprint density at radius 1 is 0.518 bits per heavy atom. The minimum atomic E-state index is -1.61. The van der Waals surface area contributed by atoms with E-state index in [4.69, 9.17) is 47.4 Å². The molecule has 10 atom stereocenters. The van der Waals surface area contributed by atoms with Gasteiger partial charge in [-0.25, -0.2) is 0 Å². The lowest BCUT2D eigenvalue weighted by molar-refractivity contribution is -0.366. The lowest BCUT2D eigenvalue weighted by atomic mass is 9.96. The van der Waals surface area contributed by atoms with Gasteiger partial charge < -0.3 is 52.5 Å². The number of aliphatic hydroxyl groups is 1. The number of rotatable bonds is 17. The van der Waals surface area contributed by atoms with Crippen LogP contribution in [-0.2, 0) is 86.4 Å². The summed E-state index contributed by atoms with van der Waals surface area (Å²) in [5.41, 5.74) is 2.50.